The number of imidazole rings is 1. The summed E-state index contributed by atoms with van der Waals surface area (Å²) in [5, 5.41) is 11.2. The molecule has 5 aromatic rings. The SMILES string of the molecule is CCn1nc(C)cc1C(=O)Nc1nc2cc(C(N)=O)c3ccoc3c2n1CC=CCNc1c(N)cc(C(N)=O)cc1OCCCO[Si](C)(C)C(C)(C)C. The van der Waals surface area contributed by atoms with Crippen molar-refractivity contribution in [3.8, 4) is 5.75 Å². The number of hydrogen-bond acceptors (Lipinski definition) is 10. The van der Waals surface area contributed by atoms with Crippen LogP contribution in [-0.4, -0.2) is 65.1 Å². The van der Waals surface area contributed by atoms with E-state index in [2.05, 4.69) is 54.6 Å². The number of carbonyl (C=O) groups excluding carboxylic acids is 3. The third-order valence-electron chi connectivity index (χ3n) is 9.46. The van der Waals surface area contributed by atoms with Gasteiger partial charge in [0.1, 0.15) is 22.6 Å². The van der Waals surface area contributed by atoms with E-state index in [9.17, 15) is 14.4 Å². The van der Waals surface area contributed by atoms with Gasteiger partial charge in [0.2, 0.25) is 17.8 Å². The van der Waals surface area contributed by atoms with Crippen LogP contribution in [0.4, 0.5) is 17.3 Å². The number of ether oxygens (including phenoxy) is 1. The van der Waals surface area contributed by atoms with Crippen molar-refractivity contribution >= 4 is 65.4 Å². The second-order valence-corrected chi connectivity index (χ2v) is 19.1. The first kappa shape index (κ1) is 38.6. The van der Waals surface area contributed by atoms with Crippen molar-refractivity contribution in [1.82, 2.24) is 19.3 Å². The Bertz CT molecular complexity index is 2190. The monoisotopic (exact) mass is 743 g/mol. The van der Waals surface area contributed by atoms with E-state index in [4.69, 9.17) is 30.8 Å². The predicted octanol–water partition coefficient (Wildman–Crippen LogP) is 5.80. The Morgan fingerprint density at radius 1 is 1.06 bits per heavy atom. The average Bonchev–Trinajstić information content (AvgIpc) is 3.80. The van der Waals surface area contributed by atoms with Crippen LogP contribution in [0.5, 0.6) is 5.75 Å². The third kappa shape index (κ3) is 8.39. The lowest BCUT2D eigenvalue weighted by Crippen LogP contribution is -2.41. The van der Waals surface area contributed by atoms with Gasteiger partial charge in [0, 0.05) is 43.6 Å². The molecule has 0 atom stereocenters. The van der Waals surface area contributed by atoms with E-state index in [1.807, 2.05) is 26.0 Å². The molecule has 0 aliphatic carbocycles. The van der Waals surface area contributed by atoms with Gasteiger partial charge in [0.05, 0.1) is 35.3 Å². The fourth-order valence-corrected chi connectivity index (χ4v) is 6.72. The summed E-state index contributed by atoms with van der Waals surface area (Å²) in [5.74, 6) is -1.00. The average molecular weight is 744 g/mol. The van der Waals surface area contributed by atoms with E-state index in [1.54, 1.807) is 33.5 Å². The number of aryl methyl sites for hydroxylation is 2. The number of carbonyl (C=O) groups is 3. The van der Waals surface area contributed by atoms with E-state index in [-0.39, 0.29) is 28.7 Å². The van der Waals surface area contributed by atoms with E-state index in [1.165, 1.54) is 12.3 Å². The summed E-state index contributed by atoms with van der Waals surface area (Å²) in [4.78, 5) is 42.5. The molecule has 53 heavy (non-hydrogen) atoms. The van der Waals surface area contributed by atoms with E-state index in [0.717, 1.165) is 0 Å². The minimum absolute atomic E-state index is 0.0984. The Morgan fingerprint density at radius 2 is 1.81 bits per heavy atom. The standard InChI is InChI=1S/C37H49N9O6Si/c1-8-46-28(18-22(2)44-46)35(49)43-36-42-27-21-25(34(40)48)24-12-17-51-32(24)31(27)45(36)14-10-9-13-41-30-26(38)19-23(33(39)47)20-29(30)50-15-11-16-52-53(6,7)37(3,4)5/h9-10,12,17-21,41H,8,11,13-16,38H2,1-7H3,(H2,39,47)(H2,40,48)(H,42,43,49). The summed E-state index contributed by atoms with van der Waals surface area (Å²) in [6.07, 6.45) is 5.88. The number of nitrogen functional groups attached to an aromatic ring is 1. The van der Waals surface area contributed by atoms with Gasteiger partial charge in [-0.05, 0) is 62.3 Å². The first-order chi connectivity index (χ1) is 25.0. The Balaban J connectivity index is 1.36. The first-order valence-corrected chi connectivity index (χ1v) is 20.4. The van der Waals surface area contributed by atoms with Gasteiger partial charge in [0.25, 0.3) is 5.91 Å². The molecule has 5 rings (SSSR count). The van der Waals surface area contributed by atoms with Crippen LogP contribution >= 0.6 is 0 Å². The number of nitrogens with two attached hydrogens (primary N) is 3. The van der Waals surface area contributed by atoms with Gasteiger partial charge in [0.15, 0.2) is 13.9 Å². The third-order valence-corrected chi connectivity index (χ3v) is 14.0. The number of fused-ring (bicyclic) bond motifs is 3. The van der Waals surface area contributed by atoms with Gasteiger partial charge >= 0.3 is 0 Å². The van der Waals surface area contributed by atoms with Crippen LogP contribution in [-0.2, 0) is 17.5 Å². The normalized spacial score (nSPS) is 12.2. The second-order valence-electron chi connectivity index (χ2n) is 14.3. The number of nitrogens with zero attached hydrogens (tertiary/aromatic N) is 4. The Hall–Kier alpha value is -5.61. The molecular weight excluding hydrogens is 695 g/mol. The van der Waals surface area contributed by atoms with E-state index in [0.29, 0.717) is 83.2 Å². The molecule has 0 saturated carbocycles. The maximum absolute atomic E-state index is 13.5. The minimum atomic E-state index is -1.90. The zero-order chi connectivity index (χ0) is 38.7. The fourth-order valence-electron chi connectivity index (χ4n) is 5.63. The lowest BCUT2D eigenvalue weighted by Gasteiger charge is -2.36. The van der Waals surface area contributed by atoms with Crippen LogP contribution in [0.25, 0.3) is 22.0 Å². The smallest absolute Gasteiger partial charge is 0.276 e. The zero-order valence-electron chi connectivity index (χ0n) is 31.3. The summed E-state index contributed by atoms with van der Waals surface area (Å²) >= 11 is 0. The van der Waals surface area contributed by atoms with Crippen molar-refractivity contribution in [3.05, 3.63) is 71.3 Å². The van der Waals surface area contributed by atoms with Crippen LogP contribution in [0.15, 0.2) is 53.2 Å². The summed E-state index contributed by atoms with van der Waals surface area (Å²) in [7, 11) is -1.90. The van der Waals surface area contributed by atoms with Gasteiger partial charge in [-0.1, -0.05) is 32.9 Å². The second kappa shape index (κ2) is 15.6. The van der Waals surface area contributed by atoms with Gasteiger partial charge < -0.3 is 40.7 Å². The number of anilines is 3. The van der Waals surface area contributed by atoms with Crippen LogP contribution in [0.2, 0.25) is 18.1 Å². The molecule has 8 N–H and O–H groups in total. The van der Waals surface area contributed by atoms with Crippen LogP contribution < -0.4 is 32.6 Å². The number of rotatable bonds is 16. The number of hydrogen-bond donors (Lipinski definition) is 5. The highest BCUT2D eigenvalue weighted by atomic mass is 28.4. The topological polar surface area (TPSA) is 221 Å². The van der Waals surface area contributed by atoms with Crippen molar-refractivity contribution in [2.24, 2.45) is 11.5 Å². The van der Waals surface area contributed by atoms with Crippen LogP contribution in [0.3, 0.4) is 0 Å². The van der Waals surface area contributed by atoms with Crippen LogP contribution in [0.1, 0.15) is 71.0 Å². The zero-order valence-corrected chi connectivity index (χ0v) is 32.3. The van der Waals surface area contributed by atoms with E-state index >= 15 is 0 Å². The largest absolute Gasteiger partial charge is 0.491 e. The molecule has 0 aliphatic heterocycles. The molecule has 0 bridgehead atoms. The molecule has 16 heteroatoms. The van der Waals surface area contributed by atoms with Crippen molar-refractivity contribution in [1.29, 1.82) is 0 Å². The Morgan fingerprint density at radius 3 is 2.49 bits per heavy atom. The van der Waals surface area contributed by atoms with Crippen molar-refractivity contribution in [2.45, 2.75) is 72.3 Å². The molecule has 0 spiro atoms. The maximum Gasteiger partial charge on any atom is 0.276 e. The highest BCUT2D eigenvalue weighted by Gasteiger charge is 2.36. The summed E-state index contributed by atoms with van der Waals surface area (Å²) in [6.45, 7) is 16.7. The molecule has 15 nitrogen and oxygen atoms in total. The number of benzene rings is 2. The molecule has 282 valence electrons. The summed E-state index contributed by atoms with van der Waals surface area (Å²) in [5.41, 5.74) is 21.4. The number of allylic oxidation sites excluding steroid dienone is 1. The van der Waals surface area contributed by atoms with Gasteiger partial charge in [-0.3, -0.25) is 24.4 Å². The Labute approximate surface area is 309 Å². The number of primary amides is 2. The lowest BCUT2D eigenvalue weighted by atomic mass is 10.1. The molecule has 0 saturated heterocycles. The molecule has 0 unspecified atom stereocenters. The number of aromatic nitrogens is 4. The van der Waals surface area contributed by atoms with Gasteiger partial charge in [-0.15, -0.1) is 0 Å². The van der Waals surface area contributed by atoms with Crippen molar-refractivity contribution < 1.29 is 28.0 Å². The summed E-state index contributed by atoms with van der Waals surface area (Å²) in [6, 6.07) is 8.05. The highest BCUT2D eigenvalue weighted by molar-refractivity contribution is 6.74. The first-order valence-electron chi connectivity index (χ1n) is 17.5. The molecule has 3 heterocycles. The van der Waals surface area contributed by atoms with E-state index < -0.39 is 26.0 Å². The lowest BCUT2D eigenvalue weighted by molar-refractivity contribution is 0.0992. The molecule has 3 amide bonds. The molecule has 3 aromatic heterocycles. The highest BCUT2D eigenvalue weighted by Crippen LogP contribution is 2.37. The molecule has 0 aliphatic rings. The van der Waals surface area contributed by atoms with Crippen molar-refractivity contribution in [2.75, 3.05) is 36.1 Å². The number of amides is 3. The predicted molar refractivity (Wildman–Crippen MR) is 209 cm³/mol. The molecule has 0 radical (unpaired) electrons. The van der Waals surface area contributed by atoms with Gasteiger partial charge in [-0.25, -0.2) is 4.98 Å². The molecular formula is C37H49N9O6Si. The van der Waals surface area contributed by atoms with Gasteiger partial charge in [-0.2, -0.15) is 5.10 Å². The fraction of sp³-hybridized carbons (Fsp3) is 0.378. The number of furan rings is 1. The van der Waals surface area contributed by atoms with Crippen LogP contribution in [0, 0.1) is 6.92 Å². The molecule has 2 aromatic carbocycles. The number of nitrogens with one attached hydrogen (secondary N) is 2. The van der Waals surface area contributed by atoms with Crippen molar-refractivity contribution in [3.63, 3.8) is 0 Å². The quantitative estimate of drug-likeness (QED) is 0.0354. The Kier molecular flexibility index (Phi) is 11.3. The summed E-state index contributed by atoms with van der Waals surface area (Å²) < 4.78 is 21.6. The minimum Gasteiger partial charge on any atom is -0.491 e. The molecule has 0 fully saturated rings. The maximum atomic E-state index is 13.5.